The van der Waals surface area contributed by atoms with Crippen molar-refractivity contribution in [2.45, 2.75) is 119 Å². The third kappa shape index (κ3) is 11.8. The molecule has 2 aliphatic carbocycles. The molecule has 1 amide bonds. The van der Waals surface area contributed by atoms with Crippen LogP contribution in [0.15, 0.2) is 40.4 Å². The Morgan fingerprint density at radius 1 is 1.16 bits per heavy atom. The molecule has 0 atom stereocenters. The summed E-state index contributed by atoms with van der Waals surface area (Å²) in [6.07, 6.45) is 10.2. The van der Waals surface area contributed by atoms with E-state index in [0.717, 1.165) is 22.9 Å². The summed E-state index contributed by atoms with van der Waals surface area (Å²) in [6.45, 7) is 19.6. The maximum atomic E-state index is 13.7. The summed E-state index contributed by atoms with van der Waals surface area (Å²) in [5.74, 6) is 1.17. The molecule has 0 radical (unpaired) electrons. The molecule has 0 aromatic carbocycles. The molecule has 38 heavy (non-hydrogen) atoms. The van der Waals surface area contributed by atoms with Crippen LogP contribution in [-0.4, -0.2) is 22.1 Å². The number of aliphatic carboxylic acids is 1. The molecule has 0 unspecified atom stereocenters. The summed E-state index contributed by atoms with van der Waals surface area (Å²) in [6, 6.07) is 0. The van der Waals surface area contributed by atoms with E-state index in [1.165, 1.54) is 37.7 Å². The average molecular weight is 533 g/mol. The van der Waals surface area contributed by atoms with Crippen molar-refractivity contribution in [2.24, 2.45) is 11.3 Å². The lowest BCUT2D eigenvalue weighted by Gasteiger charge is -2.38. The molecule has 214 valence electrons. The van der Waals surface area contributed by atoms with Gasteiger partial charge in [0.15, 0.2) is 0 Å². The second-order valence-corrected chi connectivity index (χ2v) is 11.5. The van der Waals surface area contributed by atoms with Gasteiger partial charge in [0.05, 0.1) is 11.4 Å². The fraction of sp³-hybridized carbons (Fsp3) is 0.645. The number of carboxylic acid groups (broad SMARTS) is 1. The van der Waals surface area contributed by atoms with Crippen LogP contribution in [0.4, 0.5) is 4.39 Å². The van der Waals surface area contributed by atoms with Crippen molar-refractivity contribution >= 4 is 11.9 Å². The highest BCUT2D eigenvalue weighted by Gasteiger charge is 2.40. The number of aryl methyl sites for hydroxylation is 1. The van der Waals surface area contributed by atoms with Gasteiger partial charge in [-0.2, -0.15) is 0 Å². The van der Waals surface area contributed by atoms with E-state index in [9.17, 15) is 14.0 Å². The molecular formula is C31H49FN2O4. The van der Waals surface area contributed by atoms with Gasteiger partial charge in [0.1, 0.15) is 11.6 Å². The fourth-order valence-electron chi connectivity index (χ4n) is 4.51. The Hall–Kier alpha value is -2.70. The summed E-state index contributed by atoms with van der Waals surface area (Å²) in [7, 11) is 0. The van der Waals surface area contributed by atoms with E-state index in [-0.39, 0.29) is 24.4 Å². The van der Waals surface area contributed by atoms with E-state index in [4.69, 9.17) is 9.63 Å². The van der Waals surface area contributed by atoms with Crippen molar-refractivity contribution in [2.75, 3.05) is 0 Å². The molecule has 2 N–H and O–H groups in total. The highest BCUT2D eigenvalue weighted by Crippen LogP contribution is 2.52. The SMILES string of the molecule is C=C(F)/C(=C\C=C(C)C)NC(=O)CCc1noc(C2CC(CC(C)(C)C)C2)c1C1CC1.CC.CCC(=O)O. The molecule has 2 saturated carbocycles. The zero-order valence-electron chi connectivity index (χ0n) is 24.7. The highest BCUT2D eigenvalue weighted by atomic mass is 19.1. The van der Waals surface area contributed by atoms with Crippen LogP contribution >= 0.6 is 0 Å². The second-order valence-electron chi connectivity index (χ2n) is 11.5. The number of hydrogen-bond donors (Lipinski definition) is 2. The fourth-order valence-corrected chi connectivity index (χ4v) is 4.51. The first kappa shape index (κ1) is 33.3. The zero-order valence-corrected chi connectivity index (χ0v) is 24.7. The van der Waals surface area contributed by atoms with Gasteiger partial charge >= 0.3 is 5.97 Å². The Morgan fingerprint density at radius 2 is 1.74 bits per heavy atom. The average Bonchev–Trinajstić information content (AvgIpc) is 3.57. The number of nitrogens with zero attached hydrogens (tertiary/aromatic N) is 1. The number of hydrogen-bond acceptors (Lipinski definition) is 4. The van der Waals surface area contributed by atoms with Crippen molar-refractivity contribution in [1.82, 2.24) is 10.5 Å². The number of carbonyl (C=O) groups excluding carboxylic acids is 1. The summed E-state index contributed by atoms with van der Waals surface area (Å²) < 4.78 is 19.5. The van der Waals surface area contributed by atoms with E-state index in [2.05, 4.69) is 37.8 Å². The number of rotatable bonds is 10. The second kappa shape index (κ2) is 15.6. The van der Waals surface area contributed by atoms with Crippen molar-refractivity contribution in [1.29, 1.82) is 0 Å². The van der Waals surface area contributed by atoms with Gasteiger partial charge in [-0.05, 0) is 69.3 Å². The minimum atomic E-state index is -0.745. The van der Waals surface area contributed by atoms with Crippen LogP contribution in [0, 0.1) is 11.3 Å². The normalized spacial score (nSPS) is 18.6. The number of carbonyl (C=O) groups is 2. The van der Waals surface area contributed by atoms with Crippen molar-refractivity contribution < 1.29 is 23.6 Å². The number of carboxylic acids is 1. The smallest absolute Gasteiger partial charge is 0.303 e. The number of aromatic nitrogens is 1. The number of nitrogens with one attached hydrogen (secondary N) is 1. The first-order valence-corrected chi connectivity index (χ1v) is 14.0. The summed E-state index contributed by atoms with van der Waals surface area (Å²) >= 11 is 0. The van der Waals surface area contributed by atoms with Gasteiger partial charge in [0, 0.05) is 30.7 Å². The van der Waals surface area contributed by atoms with Gasteiger partial charge in [0.2, 0.25) is 5.91 Å². The molecular weight excluding hydrogens is 483 g/mol. The van der Waals surface area contributed by atoms with Crippen LogP contribution < -0.4 is 5.32 Å². The number of allylic oxidation sites excluding steroid dienone is 4. The van der Waals surface area contributed by atoms with Gasteiger partial charge in [-0.25, -0.2) is 4.39 Å². The molecule has 0 saturated heterocycles. The molecule has 0 spiro atoms. The van der Waals surface area contributed by atoms with Crippen LogP contribution in [0.2, 0.25) is 0 Å². The molecule has 1 aromatic heterocycles. The van der Waals surface area contributed by atoms with Crippen LogP contribution in [0.25, 0.3) is 0 Å². The molecule has 2 aliphatic rings. The summed E-state index contributed by atoms with van der Waals surface area (Å²) in [4.78, 5) is 21.8. The van der Waals surface area contributed by atoms with E-state index < -0.39 is 11.8 Å². The molecule has 3 rings (SSSR count). The zero-order chi connectivity index (χ0) is 29.0. The lowest BCUT2D eigenvalue weighted by atomic mass is 9.67. The largest absolute Gasteiger partial charge is 0.481 e. The van der Waals surface area contributed by atoms with Crippen LogP contribution in [-0.2, 0) is 16.0 Å². The molecule has 6 nitrogen and oxygen atoms in total. The monoisotopic (exact) mass is 532 g/mol. The first-order valence-electron chi connectivity index (χ1n) is 14.0. The maximum Gasteiger partial charge on any atom is 0.303 e. The van der Waals surface area contributed by atoms with E-state index in [1.807, 2.05) is 27.7 Å². The van der Waals surface area contributed by atoms with Crippen LogP contribution in [0.3, 0.4) is 0 Å². The third-order valence-electron chi connectivity index (χ3n) is 6.36. The van der Waals surface area contributed by atoms with Crippen molar-refractivity contribution in [3.8, 4) is 0 Å². The Kier molecular flexibility index (Phi) is 13.7. The minimum Gasteiger partial charge on any atom is -0.481 e. The summed E-state index contributed by atoms with van der Waals surface area (Å²) in [5, 5.41) is 14.7. The molecule has 7 heteroatoms. The molecule has 0 aliphatic heterocycles. The standard InChI is InChI=1S/C26H37FN2O2.C3H6O2.C2H6/c1-16(2)7-10-21(17(3)27)28-23(30)12-11-22-24(19-8-9-19)25(31-29-22)20-13-18(14-20)15-26(4,5)6;1-2-3(4)5;1-2/h7,10,18-20H,3,8-9,11-15H2,1-2,4-6H3,(H,28,30);2H2,1H3,(H,4,5);1-2H3/b21-10+;;. The maximum absolute atomic E-state index is 13.7. The van der Waals surface area contributed by atoms with E-state index >= 15 is 0 Å². The van der Waals surface area contributed by atoms with Gasteiger partial charge in [0.25, 0.3) is 0 Å². The molecule has 2 fully saturated rings. The predicted molar refractivity (Wildman–Crippen MR) is 152 cm³/mol. The third-order valence-corrected chi connectivity index (χ3v) is 6.36. The van der Waals surface area contributed by atoms with Crippen molar-refractivity contribution in [3.05, 3.63) is 52.8 Å². The Balaban J connectivity index is 0.000000924. The topological polar surface area (TPSA) is 92.4 Å². The molecule has 1 aromatic rings. The number of amides is 1. The van der Waals surface area contributed by atoms with Gasteiger partial charge < -0.3 is 14.9 Å². The van der Waals surface area contributed by atoms with Gasteiger partial charge in [-0.3, -0.25) is 9.59 Å². The van der Waals surface area contributed by atoms with Gasteiger partial charge in [-0.15, -0.1) is 0 Å². The van der Waals surface area contributed by atoms with E-state index in [1.54, 1.807) is 19.1 Å². The van der Waals surface area contributed by atoms with Crippen LogP contribution in [0.1, 0.15) is 129 Å². The van der Waals surface area contributed by atoms with Gasteiger partial charge in [-0.1, -0.05) is 64.9 Å². The van der Waals surface area contributed by atoms with E-state index in [0.29, 0.717) is 23.7 Å². The number of halogens is 1. The predicted octanol–water partition coefficient (Wildman–Crippen LogP) is 8.37. The first-order chi connectivity index (χ1) is 17.8. The Morgan fingerprint density at radius 3 is 2.18 bits per heavy atom. The Bertz CT molecular complexity index is 986. The lowest BCUT2D eigenvalue weighted by Crippen LogP contribution is -2.26. The van der Waals surface area contributed by atoms with Crippen molar-refractivity contribution in [3.63, 3.8) is 0 Å². The minimum absolute atomic E-state index is 0.105. The highest BCUT2D eigenvalue weighted by molar-refractivity contribution is 5.78. The summed E-state index contributed by atoms with van der Waals surface area (Å²) in [5.41, 5.74) is 3.63. The molecule has 0 bridgehead atoms. The molecule has 1 heterocycles. The Labute approximate surface area is 228 Å². The quantitative estimate of drug-likeness (QED) is 0.295. The lowest BCUT2D eigenvalue weighted by molar-refractivity contribution is -0.136. The van der Waals surface area contributed by atoms with Crippen LogP contribution in [0.5, 0.6) is 0 Å².